The summed E-state index contributed by atoms with van der Waals surface area (Å²) in [5, 5.41) is 0. The van der Waals surface area contributed by atoms with Gasteiger partial charge in [0.25, 0.3) is 11.7 Å². The highest BCUT2D eigenvalue weighted by Crippen LogP contribution is 2.29. The Labute approximate surface area is 142 Å². The molecular weight excluding hydrogens is 302 g/mol. The van der Waals surface area contributed by atoms with Crippen molar-refractivity contribution in [2.45, 2.75) is 27.2 Å². The fourth-order valence-corrected chi connectivity index (χ4v) is 2.92. The van der Waals surface area contributed by atoms with Gasteiger partial charge in [0.15, 0.2) is 0 Å². The fraction of sp³-hybridized carbons (Fsp3) is 0.300. The molecule has 2 aromatic carbocycles. The van der Waals surface area contributed by atoms with E-state index in [1.807, 2.05) is 38.1 Å². The quantitative estimate of drug-likeness (QED) is 0.624. The van der Waals surface area contributed by atoms with Crippen LogP contribution in [-0.4, -0.2) is 24.8 Å². The van der Waals surface area contributed by atoms with E-state index < -0.39 is 11.7 Å². The highest BCUT2D eigenvalue weighted by molar-refractivity contribution is 6.52. The summed E-state index contributed by atoms with van der Waals surface area (Å²) in [5.41, 5.74) is 4.52. The molecule has 4 nitrogen and oxygen atoms in total. The Morgan fingerprint density at radius 3 is 2.62 bits per heavy atom. The predicted octanol–water partition coefficient (Wildman–Crippen LogP) is 3.61. The number of carbonyl (C=O) groups is 2. The first-order valence-electron chi connectivity index (χ1n) is 8.15. The largest absolute Gasteiger partial charge is 0.493 e. The smallest absolute Gasteiger partial charge is 0.299 e. The zero-order valence-electron chi connectivity index (χ0n) is 14.3. The summed E-state index contributed by atoms with van der Waals surface area (Å²) in [7, 11) is 0. The number of anilines is 1. The maximum Gasteiger partial charge on any atom is 0.299 e. The first kappa shape index (κ1) is 16.2. The molecule has 1 heterocycles. The van der Waals surface area contributed by atoms with Crippen LogP contribution in [0, 0.1) is 20.8 Å². The Balaban J connectivity index is 1.63. The summed E-state index contributed by atoms with van der Waals surface area (Å²) in [6.45, 7) is 6.98. The molecule has 124 valence electrons. The number of ketones is 1. The number of fused-ring (bicyclic) bond motifs is 1. The molecule has 0 spiro atoms. The second-order valence-electron chi connectivity index (χ2n) is 6.21. The fourth-order valence-electron chi connectivity index (χ4n) is 2.92. The summed E-state index contributed by atoms with van der Waals surface area (Å²) in [6.07, 6.45) is 0.666. The molecule has 0 aromatic heterocycles. The van der Waals surface area contributed by atoms with Crippen molar-refractivity contribution >= 4 is 17.4 Å². The van der Waals surface area contributed by atoms with Crippen LogP contribution in [-0.2, 0) is 4.79 Å². The van der Waals surface area contributed by atoms with Crippen molar-refractivity contribution in [3.63, 3.8) is 0 Å². The van der Waals surface area contributed by atoms with Gasteiger partial charge in [-0.1, -0.05) is 23.8 Å². The van der Waals surface area contributed by atoms with Gasteiger partial charge in [-0.25, -0.2) is 0 Å². The lowest BCUT2D eigenvalue weighted by atomic mass is 10.1. The molecular formula is C20H21NO3. The molecule has 0 aliphatic carbocycles. The molecule has 1 aliphatic rings. The Hall–Kier alpha value is -2.62. The summed E-state index contributed by atoms with van der Waals surface area (Å²) >= 11 is 0. The molecule has 0 saturated carbocycles. The number of aryl methyl sites for hydroxylation is 2. The molecule has 0 fully saturated rings. The minimum Gasteiger partial charge on any atom is -0.493 e. The Kier molecular flexibility index (Phi) is 4.38. The van der Waals surface area contributed by atoms with Crippen molar-refractivity contribution in [3.8, 4) is 5.75 Å². The Morgan fingerprint density at radius 1 is 1.04 bits per heavy atom. The van der Waals surface area contributed by atoms with Gasteiger partial charge in [-0.2, -0.15) is 0 Å². The van der Waals surface area contributed by atoms with Crippen molar-refractivity contribution in [3.05, 3.63) is 58.7 Å². The van der Waals surface area contributed by atoms with Gasteiger partial charge in [0.1, 0.15) is 5.75 Å². The monoisotopic (exact) mass is 323 g/mol. The molecule has 0 atom stereocenters. The number of benzene rings is 2. The lowest BCUT2D eigenvalue weighted by Crippen LogP contribution is -2.31. The molecule has 0 bridgehead atoms. The summed E-state index contributed by atoms with van der Waals surface area (Å²) in [5.74, 6) is 0.0151. The van der Waals surface area contributed by atoms with Crippen molar-refractivity contribution in [2.24, 2.45) is 0 Å². The number of hydrogen-bond acceptors (Lipinski definition) is 3. The molecule has 1 aliphatic heterocycles. The van der Waals surface area contributed by atoms with E-state index in [1.165, 1.54) is 5.56 Å². The topological polar surface area (TPSA) is 46.6 Å². The van der Waals surface area contributed by atoms with E-state index in [1.54, 1.807) is 11.0 Å². The van der Waals surface area contributed by atoms with Crippen LogP contribution in [0.1, 0.15) is 33.5 Å². The normalized spacial score (nSPS) is 13.4. The van der Waals surface area contributed by atoms with E-state index in [9.17, 15) is 9.59 Å². The van der Waals surface area contributed by atoms with Crippen LogP contribution in [0.4, 0.5) is 5.69 Å². The van der Waals surface area contributed by atoms with Gasteiger partial charge in [-0.15, -0.1) is 0 Å². The van der Waals surface area contributed by atoms with E-state index in [0.717, 1.165) is 16.9 Å². The van der Waals surface area contributed by atoms with Crippen LogP contribution in [0.15, 0.2) is 36.4 Å². The maximum atomic E-state index is 12.2. The van der Waals surface area contributed by atoms with Crippen LogP contribution in [0.5, 0.6) is 5.75 Å². The number of Topliss-reactive ketones (excluding diaryl/α,β-unsaturated/α-hetero) is 1. The highest BCUT2D eigenvalue weighted by atomic mass is 16.5. The third kappa shape index (κ3) is 2.92. The molecule has 0 N–H and O–H groups in total. The number of ether oxygens (including phenoxy) is 1. The minimum atomic E-state index is -0.442. The van der Waals surface area contributed by atoms with Crippen LogP contribution in [0.3, 0.4) is 0 Å². The van der Waals surface area contributed by atoms with Gasteiger partial charge in [0.05, 0.1) is 17.9 Å². The highest BCUT2D eigenvalue weighted by Gasteiger charge is 2.35. The number of rotatable bonds is 5. The minimum absolute atomic E-state index is 0.413. The SMILES string of the molecule is Cc1ccc2c(c1)C(=O)C(=O)N2CCCOc1cccc(C)c1C. The van der Waals surface area contributed by atoms with Gasteiger partial charge in [-0.3, -0.25) is 9.59 Å². The van der Waals surface area contributed by atoms with Crippen molar-refractivity contribution in [1.82, 2.24) is 0 Å². The summed E-state index contributed by atoms with van der Waals surface area (Å²) in [6, 6.07) is 11.5. The number of amides is 1. The van der Waals surface area contributed by atoms with Crippen LogP contribution in [0.2, 0.25) is 0 Å². The van der Waals surface area contributed by atoms with E-state index >= 15 is 0 Å². The Morgan fingerprint density at radius 2 is 1.83 bits per heavy atom. The molecule has 0 radical (unpaired) electrons. The van der Waals surface area contributed by atoms with E-state index in [2.05, 4.69) is 13.0 Å². The standard InChI is InChI=1S/C20H21NO3/c1-13-8-9-17-16(12-13)19(22)20(23)21(17)10-5-11-24-18-7-4-6-14(2)15(18)3/h4,6-9,12H,5,10-11H2,1-3H3. The second-order valence-corrected chi connectivity index (χ2v) is 6.21. The summed E-state index contributed by atoms with van der Waals surface area (Å²) < 4.78 is 5.82. The van der Waals surface area contributed by atoms with Gasteiger partial charge in [0, 0.05) is 6.54 Å². The maximum absolute atomic E-state index is 12.2. The third-order valence-electron chi connectivity index (χ3n) is 4.47. The number of hydrogen-bond donors (Lipinski definition) is 0. The molecule has 0 unspecified atom stereocenters. The zero-order valence-corrected chi connectivity index (χ0v) is 14.3. The van der Waals surface area contributed by atoms with Crippen LogP contribution >= 0.6 is 0 Å². The van der Waals surface area contributed by atoms with Gasteiger partial charge in [0.2, 0.25) is 0 Å². The first-order chi connectivity index (χ1) is 11.5. The zero-order chi connectivity index (χ0) is 17.3. The molecule has 3 rings (SSSR count). The van der Waals surface area contributed by atoms with E-state index in [-0.39, 0.29) is 0 Å². The predicted molar refractivity (Wildman–Crippen MR) is 93.9 cm³/mol. The molecule has 24 heavy (non-hydrogen) atoms. The average molecular weight is 323 g/mol. The van der Waals surface area contributed by atoms with Gasteiger partial charge >= 0.3 is 0 Å². The van der Waals surface area contributed by atoms with Crippen LogP contribution < -0.4 is 9.64 Å². The number of nitrogens with zero attached hydrogens (tertiary/aromatic N) is 1. The molecule has 4 heteroatoms. The molecule has 2 aromatic rings. The van der Waals surface area contributed by atoms with Crippen molar-refractivity contribution < 1.29 is 14.3 Å². The summed E-state index contributed by atoms with van der Waals surface area (Å²) in [4.78, 5) is 25.8. The lowest BCUT2D eigenvalue weighted by molar-refractivity contribution is -0.114. The average Bonchev–Trinajstić information content (AvgIpc) is 2.79. The lowest BCUT2D eigenvalue weighted by Gasteiger charge is -2.17. The van der Waals surface area contributed by atoms with Gasteiger partial charge < -0.3 is 9.64 Å². The first-order valence-corrected chi connectivity index (χ1v) is 8.15. The number of carbonyl (C=O) groups excluding carboxylic acids is 2. The van der Waals surface area contributed by atoms with E-state index in [0.29, 0.717) is 30.8 Å². The molecule has 1 amide bonds. The third-order valence-corrected chi connectivity index (χ3v) is 4.47. The Bertz CT molecular complexity index is 811. The second kappa shape index (κ2) is 6.48. The van der Waals surface area contributed by atoms with E-state index in [4.69, 9.17) is 4.74 Å². The van der Waals surface area contributed by atoms with Gasteiger partial charge in [-0.05, 0) is 56.5 Å². The van der Waals surface area contributed by atoms with Crippen molar-refractivity contribution in [2.75, 3.05) is 18.1 Å². The van der Waals surface area contributed by atoms with Crippen molar-refractivity contribution in [1.29, 1.82) is 0 Å². The van der Waals surface area contributed by atoms with Crippen LogP contribution in [0.25, 0.3) is 0 Å². The molecule has 0 saturated heterocycles.